The average molecular weight is 277 g/mol. The molecule has 0 spiro atoms. The second kappa shape index (κ2) is 5.42. The summed E-state index contributed by atoms with van der Waals surface area (Å²) < 4.78 is 33.3. The number of benzene rings is 2. The van der Waals surface area contributed by atoms with Crippen LogP contribution in [0.1, 0.15) is 11.1 Å². The molecule has 4 nitrogen and oxygen atoms in total. The van der Waals surface area contributed by atoms with E-state index in [1.54, 1.807) is 24.3 Å². The van der Waals surface area contributed by atoms with Crippen molar-refractivity contribution in [3.63, 3.8) is 0 Å². The summed E-state index contributed by atoms with van der Waals surface area (Å²) in [5.74, 6) is 0. The smallest absolute Gasteiger partial charge is 0.269 e. The number of hydrogen-bond acceptors (Lipinski definition) is 2. The summed E-state index contributed by atoms with van der Waals surface area (Å²) in [7, 11) is -4.30. The summed E-state index contributed by atoms with van der Waals surface area (Å²) in [6, 6.07) is 16.1. The maximum absolute atomic E-state index is 11.5. The molecule has 100 valence electrons. The molecule has 0 radical (unpaired) electrons. The highest BCUT2D eigenvalue weighted by Gasteiger charge is 2.19. The lowest BCUT2D eigenvalue weighted by molar-refractivity contribution is 0.477. The van der Waals surface area contributed by atoms with Gasteiger partial charge in [-0.1, -0.05) is 48.0 Å². The van der Waals surface area contributed by atoms with Gasteiger partial charge in [0, 0.05) is 0 Å². The number of nitrogens with zero attached hydrogens (tertiary/aromatic N) is 1. The molecule has 2 rings (SSSR count). The van der Waals surface area contributed by atoms with Crippen LogP contribution in [0, 0.1) is 6.92 Å². The minimum Gasteiger partial charge on any atom is -0.269 e. The normalized spacial score (nSPS) is 11.3. The van der Waals surface area contributed by atoms with Gasteiger partial charge in [0.15, 0.2) is 0 Å². The molecule has 0 amide bonds. The maximum Gasteiger partial charge on any atom is 0.360 e. The molecular formula is C14H15NO3S. The van der Waals surface area contributed by atoms with E-state index in [1.807, 2.05) is 37.3 Å². The third-order valence-corrected chi connectivity index (χ3v) is 3.67. The van der Waals surface area contributed by atoms with E-state index in [0.29, 0.717) is 5.69 Å². The van der Waals surface area contributed by atoms with Crippen LogP contribution < -0.4 is 4.31 Å². The molecule has 0 heterocycles. The highest BCUT2D eigenvalue weighted by atomic mass is 32.2. The van der Waals surface area contributed by atoms with Crippen LogP contribution in [0.4, 0.5) is 5.69 Å². The molecule has 0 saturated heterocycles. The van der Waals surface area contributed by atoms with E-state index >= 15 is 0 Å². The van der Waals surface area contributed by atoms with Crippen molar-refractivity contribution in [2.24, 2.45) is 0 Å². The molecule has 0 aromatic heterocycles. The van der Waals surface area contributed by atoms with Gasteiger partial charge in [-0.2, -0.15) is 8.42 Å². The van der Waals surface area contributed by atoms with Crippen molar-refractivity contribution in [1.82, 2.24) is 0 Å². The van der Waals surface area contributed by atoms with Crippen molar-refractivity contribution in [1.29, 1.82) is 0 Å². The van der Waals surface area contributed by atoms with Crippen molar-refractivity contribution < 1.29 is 13.0 Å². The van der Waals surface area contributed by atoms with Crippen molar-refractivity contribution in [2.75, 3.05) is 4.31 Å². The summed E-state index contributed by atoms with van der Waals surface area (Å²) in [6.45, 7) is 2.02. The van der Waals surface area contributed by atoms with Crippen LogP contribution in [0.25, 0.3) is 0 Å². The Morgan fingerprint density at radius 2 is 1.58 bits per heavy atom. The third-order valence-electron chi connectivity index (χ3n) is 2.77. The van der Waals surface area contributed by atoms with Crippen molar-refractivity contribution in [3.05, 3.63) is 65.7 Å². The van der Waals surface area contributed by atoms with Crippen LogP contribution in [0.3, 0.4) is 0 Å². The first-order chi connectivity index (χ1) is 8.97. The van der Waals surface area contributed by atoms with Crippen molar-refractivity contribution in [3.8, 4) is 0 Å². The lowest BCUT2D eigenvalue weighted by Gasteiger charge is -2.21. The fourth-order valence-electron chi connectivity index (χ4n) is 1.77. The predicted molar refractivity (Wildman–Crippen MR) is 75.4 cm³/mol. The Bertz CT molecular complexity index is 636. The third kappa shape index (κ3) is 3.56. The van der Waals surface area contributed by atoms with Crippen molar-refractivity contribution in [2.45, 2.75) is 13.5 Å². The standard InChI is InChI=1S/C14H15NO3S/c1-12-7-9-14(10-8-12)15(19(16,17)18)11-13-5-3-2-4-6-13/h2-10H,11H2,1H3,(H,16,17,18). The summed E-state index contributed by atoms with van der Waals surface area (Å²) in [5, 5.41) is 0. The first-order valence-corrected chi connectivity index (χ1v) is 7.22. The molecule has 2 aromatic rings. The number of rotatable bonds is 4. The fourth-order valence-corrected chi connectivity index (χ4v) is 2.47. The number of aryl methyl sites for hydroxylation is 1. The predicted octanol–water partition coefficient (Wildman–Crippen LogP) is 2.80. The molecule has 0 aliphatic rings. The topological polar surface area (TPSA) is 57.6 Å². The molecular weight excluding hydrogens is 262 g/mol. The van der Waals surface area contributed by atoms with Crippen LogP contribution >= 0.6 is 0 Å². The summed E-state index contributed by atoms with van der Waals surface area (Å²) in [4.78, 5) is 0. The van der Waals surface area contributed by atoms with Gasteiger partial charge in [0.05, 0.1) is 12.2 Å². The molecule has 2 aromatic carbocycles. The molecule has 1 N–H and O–H groups in total. The first kappa shape index (κ1) is 13.6. The Morgan fingerprint density at radius 1 is 1.00 bits per heavy atom. The Kier molecular flexibility index (Phi) is 3.87. The monoisotopic (exact) mass is 277 g/mol. The van der Waals surface area contributed by atoms with Gasteiger partial charge in [0.1, 0.15) is 0 Å². The van der Waals surface area contributed by atoms with Crippen LogP contribution in [-0.4, -0.2) is 13.0 Å². The van der Waals surface area contributed by atoms with Gasteiger partial charge < -0.3 is 0 Å². The molecule has 0 bridgehead atoms. The van der Waals surface area contributed by atoms with Gasteiger partial charge in [0.25, 0.3) is 0 Å². The summed E-state index contributed by atoms with van der Waals surface area (Å²) in [6.07, 6.45) is 0. The molecule has 0 aliphatic heterocycles. The molecule has 0 aliphatic carbocycles. The van der Waals surface area contributed by atoms with Gasteiger partial charge >= 0.3 is 10.3 Å². The lowest BCUT2D eigenvalue weighted by atomic mass is 10.2. The second-order valence-electron chi connectivity index (χ2n) is 4.31. The Balaban J connectivity index is 2.35. The molecule has 0 saturated carbocycles. The Labute approximate surface area is 113 Å². The minimum atomic E-state index is -4.30. The second-order valence-corrected chi connectivity index (χ2v) is 5.64. The van der Waals surface area contributed by atoms with Crippen LogP contribution in [-0.2, 0) is 16.8 Å². The number of anilines is 1. The first-order valence-electron chi connectivity index (χ1n) is 5.82. The van der Waals surface area contributed by atoms with Gasteiger partial charge in [0.2, 0.25) is 0 Å². The van der Waals surface area contributed by atoms with E-state index in [1.165, 1.54) is 0 Å². The average Bonchev–Trinajstić information content (AvgIpc) is 2.37. The zero-order valence-electron chi connectivity index (χ0n) is 10.5. The largest absolute Gasteiger partial charge is 0.360 e. The summed E-state index contributed by atoms with van der Waals surface area (Å²) in [5.41, 5.74) is 2.27. The minimum absolute atomic E-state index is 0.0999. The Hall–Kier alpha value is -1.85. The van der Waals surface area contributed by atoms with Gasteiger partial charge in [-0.25, -0.2) is 4.31 Å². The number of hydrogen-bond donors (Lipinski definition) is 1. The van der Waals surface area contributed by atoms with E-state index in [4.69, 9.17) is 0 Å². The van der Waals surface area contributed by atoms with Gasteiger partial charge in [-0.3, -0.25) is 4.55 Å². The lowest BCUT2D eigenvalue weighted by Crippen LogP contribution is -2.29. The molecule has 0 atom stereocenters. The SMILES string of the molecule is Cc1ccc(N(Cc2ccccc2)S(=O)(=O)O)cc1. The highest BCUT2D eigenvalue weighted by Crippen LogP contribution is 2.20. The van der Waals surface area contributed by atoms with Crippen LogP contribution in [0.15, 0.2) is 54.6 Å². The fraction of sp³-hybridized carbons (Fsp3) is 0.143. The van der Waals surface area contributed by atoms with E-state index in [2.05, 4.69) is 0 Å². The van der Waals surface area contributed by atoms with Crippen LogP contribution in [0.5, 0.6) is 0 Å². The molecule has 0 unspecified atom stereocenters. The zero-order valence-corrected chi connectivity index (χ0v) is 11.3. The van der Waals surface area contributed by atoms with Gasteiger partial charge in [-0.05, 0) is 24.6 Å². The van der Waals surface area contributed by atoms with Crippen LogP contribution in [0.2, 0.25) is 0 Å². The summed E-state index contributed by atoms with van der Waals surface area (Å²) >= 11 is 0. The van der Waals surface area contributed by atoms with Crippen molar-refractivity contribution >= 4 is 16.0 Å². The molecule has 5 heteroatoms. The maximum atomic E-state index is 11.5. The van der Waals surface area contributed by atoms with E-state index in [0.717, 1.165) is 15.4 Å². The van der Waals surface area contributed by atoms with E-state index in [-0.39, 0.29) is 6.54 Å². The van der Waals surface area contributed by atoms with E-state index in [9.17, 15) is 13.0 Å². The van der Waals surface area contributed by atoms with Gasteiger partial charge in [-0.15, -0.1) is 0 Å². The van der Waals surface area contributed by atoms with E-state index < -0.39 is 10.3 Å². The zero-order chi connectivity index (χ0) is 13.9. The highest BCUT2D eigenvalue weighted by molar-refractivity contribution is 7.87. The molecule has 0 fully saturated rings. The molecule has 19 heavy (non-hydrogen) atoms. The Morgan fingerprint density at radius 3 is 2.11 bits per heavy atom. The quantitative estimate of drug-likeness (QED) is 0.874.